The molecule has 0 atom stereocenters. The normalized spacial score (nSPS) is 11.7. The molecular formula is C47H36FIN4O6S2. The Balaban J connectivity index is 0.000000184. The van der Waals surface area contributed by atoms with Gasteiger partial charge in [0.1, 0.15) is 27.9 Å². The first-order chi connectivity index (χ1) is 29.2. The van der Waals surface area contributed by atoms with E-state index in [0.717, 1.165) is 44.4 Å². The van der Waals surface area contributed by atoms with Crippen molar-refractivity contribution in [3.63, 3.8) is 0 Å². The Labute approximate surface area is 365 Å². The molecule has 0 radical (unpaired) electrons. The lowest BCUT2D eigenvalue weighted by Gasteiger charge is -2.10. The van der Waals surface area contributed by atoms with Crippen LogP contribution in [0.4, 0.5) is 4.39 Å². The van der Waals surface area contributed by atoms with E-state index in [9.17, 15) is 26.3 Å². The van der Waals surface area contributed by atoms with E-state index < -0.39 is 20.1 Å². The summed E-state index contributed by atoms with van der Waals surface area (Å²) in [5.74, 6) is 0.153. The van der Waals surface area contributed by atoms with Gasteiger partial charge >= 0.3 is 10.1 Å². The zero-order chi connectivity index (χ0) is 42.9. The van der Waals surface area contributed by atoms with Crippen LogP contribution in [-0.2, 0) is 26.6 Å². The standard InChI is InChI=1S/C27H21IN2O5S2.C20H15FN2O/c1-18-6-10-23(11-7-18)36(31,32)30-17-26(28)25-15-21(16-29-27(25)30)20-4-3-5-22(14-20)35-37(33,34)24-12-8-19(2)9-13-24;21-17-5-1-3-13(8-17)7-16-12-23-20-19(16)10-15(11-22-20)14-4-2-6-18(24)9-14/h3-17H,1-2H3;1-6,8-12,24H,7H2,(H,22,23). The second-order valence-electron chi connectivity index (χ2n) is 14.4. The minimum atomic E-state index is -4.00. The van der Waals surface area contributed by atoms with E-state index in [4.69, 9.17) is 4.18 Å². The largest absolute Gasteiger partial charge is 0.508 e. The fourth-order valence-corrected chi connectivity index (χ4v) is 9.84. The summed E-state index contributed by atoms with van der Waals surface area (Å²) in [6, 6.07) is 37.3. The van der Waals surface area contributed by atoms with Crippen LogP contribution in [-0.4, -0.2) is 40.9 Å². The molecule has 0 bridgehead atoms. The van der Waals surface area contributed by atoms with Gasteiger partial charge in [-0.3, -0.25) is 0 Å². The van der Waals surface area contributed by atoms with Crippen molar-refractivity contribution in [1.82, 2.24) is 18.9 Å². The number of nitrogens with zero attached hydrogens (tertiary/aromatic N) is 3. The van der Waals surface area contributed by atoms with E-state index in [1.54, 1.807) is 110 Å². The monoisotopic (exact) mass is 962 g/mol. The maximum absolute atomic E-state index is 13.4. The van der Waals surface area contributed by atoms with Crippen molar-refractivity contribution in [1.29, 1.82) is 0 Å². The molecule has 9 rings (SSSR count). The molecule has 0 unspecified atom stereocenters. The highest BCUT2D eigenvalue weighted by Crippen LogP contribution is 2.32. The van der Waals surface area contributed by atoms with E-state index in [1.165, 1.54) is 22.2 Å². The van der Waals surface area contributed by atoms with Crippen LogP contribution in [0.2, 0.25) is 0 Å². The van der Waals surface area contributed by atoms with Gasteiger partial charge in [0.15, 0.2) is 5.65 Å². The van der Waals surface area contributed by atoms with Crippen LogP contribution in [0.15, 0.2) is 168 Å². The molecule has 4 aromatic heterocycles. The molecule has 2 N–H and O–H groups in total. The molecule has 9 aromatic rings. The van der Waals surface area contributed by atoms with Crippen molar-refractivity contribution < 1.29 is 30.5 Å². The minimum Gasteiger partial charge on any atom is -0.508 e. The number of aromatic nitrogens is 4. The summed E-state index contributed by atoms with van der Waals surface area (Å²) in [7, 11) is -7.83. The molecule has 0 aliphatic carbocycles. The van der Waals surface area contributed by atoms with Crippen LogP contribution in [0, 0.1) is 23.2 Å². The number of pyridine rings is 2. The number of hydrogen-bond acceptors (Lipinski definition) is 8. The molecule has 0 saturated heterocycles. The lowest BCUT2D eigenvalue weighted by Crippen LogP contribution is -2.12. The lowest BCUT2D eigenvalue weighted by atomic mass is 10.0. The molecule has 61 heavy (non-hydrogen) atoms. The average molecular weight is 963 g/mol. The summed E-state index contributed by atoms with van der Waals surface area (Å²) in [6.45, 7) is 3.77. The van der Waals surface area contributed by atoms with Gasteiger partial charge < -0.3 is 14.3 Å². The average Bonchev–Trinajstić information content (AvgIpc) is 3.81. The van der Waals surface area contributed by atoms with Crippen molar-refractivity contribution in [2.24, 2.45) is 0 Å². The molecule has 0 fully saturated rings. The van der Waals surface area contributed by atoms with E-state index in [1.807, 2.05) is 44.3 Å². The number of aromatic amines is 1. The number of H-pyrrole nitrogens is 1. The predicted octanol–water partition coefficient (Wildman–Crippen LogP) is 10.6. The van der Waals surface area contributed by atoms with Gasteiger partial charge in [-0.1, -0.05) is 71.8 Å². The van der Waals surface area contributed by atoms with Gasteiger partial charge in [-0.15, -0.1) is 0 Å². The zero-order valence-electron chi connectivity index (χ0n) is 32.6. The van der Waals surface area contributed by atoms with E-state index >= 15 is 0 Å². The zero-order valence-corrected chi connectivity index (χ0v) is 36.4. The Morgan fingerprint density at radius 1 is 0.705 bits per heavy atom. The van der Waals surface area contributed by atoms with Gasteiger partial charge in [-0.2, -0.15) is 8.42 Å². The first kappa shape index (κ1) is 41.4. The molecule has 14 heteroatoms. The number of phenolic OH excluding ortho intramolecular Hbond substituents is 1. The second-order valence-corrected chi connectivity index (χ2v) is 18.9. The van der Waals surface area contributed by atoms with Crippen molar-refractivity contribution in [2.75, 3.05) is 0 Å². The smallest absolute Gasteiger partial charge is 0.339 e. The molecule has 4 heterocycles. The third-order valence-corrected chi connectivity index (χ3v) is 13.7. The molecule has 0 spiro atoms. The number of halogens is 2. The van der Waals surface area contributed by atoms with Crippen molar-refractivity contribution in [3.8, 4) is 33.8 Å². The Morgan fingerprint density at radius 2 is 1.33 bits per heavy atom. The number of phenols is 1. The maximum Gasteiger partial charge on any atom is 0.339 e. The van der Waals surface area contributed by atoms with Crippen LogP contribution in [0.25, 0.3) is 44.3 Å². The summed E-state index contributed by atoms with van der Waals surface area (Å²) in [4.78, 5) is 12.3. The molecular weight excluding hydrogens is 927 g/mol. The van der Waals surface area contributed by atoms with Gasteiger partial charge in [-0.05, 0) is 138 Å². The summed E-state index contributed by atoms with van der Waals surface area (Å²) >= 11 is 2.08. The summed E-state index contributed by atoms with van der Waals surface area (Å²) in [6.07, 6.45) is 7.43. The molecule has 0 aliphatic rings. The minimum absolute atomic E-state index is 0.0669. The van der Waals surface area contributed by atoms with Crippen LogP contribution >= 0.6 is 22.6 Å². The van der Waals surface area contributed by atoms with Crippen LogP contribution in [0.3, 0.4) is 0 Å². The Hall–Kier alpha value is -6.36. The summed E-state index contributed by atoms with van der Waals surface area (Å²) < 4.78 is 72.7. The Bertz CT molecular complexity index is 3300. The molecule has 306 valence electrons. The van der Waals surface area contributed by atoms with Gasteiger partial charge in [-0.25, -0.2) is 26.7 Å². The molecule has 10 nitrogen and oxygen atoms in total. The first-order valence-corrected chi connectivity index (χ1v) is 22.8. The number of fused-ring (bicyclic) bond motifs is 2. The molecule has 5 aromatic carbocycles. The van der Waals surface area contributed by atoms with Crippen molar-refractivity contribution >= 4 is 64.8 Å². The number of aryl methyl sites for hydroxylation is 2. The number of benzene rings is 5. The van der Waals surface area contributed by atoms with Crippen molar-refractivity contribution in [2.45, 2.75) is 30.1 Å². The van der Waals surface area contributed by atoms with Gasteiger partial charge in [0.25, 0.3) is 10.0 Å². The summed E-state index contributed by atoms with van der Waals surface area (Å²) in [5.41, 5.74) is 8.19. The maximum atomic E-state index is 13.4. The SMILES string of the molecule is Cc1ccc(S(=O)(=O)Oc2cccc(-c3cnc4c(c3)c(I)cn4S(=O)(=O)c3ccc(C)cc3)c2)cc1.Oc1cccc(-c2cnc3[nH]cc(Cc4cccc(F)c4)c3c2)c1. The van der Waals surface area contributed by atoms with Gasteiger partial charge in [0.05, 0.1) is 4.90 Å². The molecule has 0 amide bonds. The fraction of sp³-hybridized carbons (Fsp3) is 0.0638. The highest BCUT2D eigenvalue weighted by molar-refractivity contribution is 14.1. The number of hydrogen-bond donors (Lipinski definition) is 2. The quantitative estimate of drug-likeness (QED) is 0.107. The van der Waals surface area contributed by atoms with Gasteiger partial charge in [0.2, 0.25) is 0 Å². The lowest BCUT2D eigenvalue weighted by molar-refractivity contribution is 0.475. The van der Waals surface area contributed by atoms with E-state index in [-0.39, 0.29) is 27.1 Å². The highest BCUT2D eigenvalue weighted by Gasteiger charge is 2.23. The highest BCUT2D eigenvalue weighted by atomic mass is 127. The van der Waals surface area contributed by atoms with Crippen molar-refractivity contribution in [3.05, 3.63) is 190 Å². The van der Waals surface area contributed by atoms with Crippen LogP contribution < -0.4 is 4.18 Å². The Morgan fingerprint density at radius 3 is 2.02 bits per heavy atom. The first-order valence-electron chi connectivity index (χ1n) is 18.8. The predicted molar refractivity (Wildman–Crippen MR) is 243 cm³/mol. The van der Waals surface area contributed by atoms with E-state index in [0.29, 0.717) is 32.2 Å². The number of aromatic hydroxyl groups is 1. The number of rotatable bonds is 9. The Kier molecular flexibility index (Phi) is 11.5. The van der Waals surface area contributed by atoms with Crippen LogP contribution in [0.1, 0.15) is 22.3 Å². The molecule has 0 aliphatic heterocycles. The third kappa shape index (κ3) is 9.06. The fourth-order valence-electron chi connectivity index (χ4n) is 6.73. The van der Waals surface area contributed by atoms with Gasteiger partial charge in [0, 0.05) is 50.3 Å². The summed E-state index contributed by atoms with van der Waals surface area (Å²) in [5, 5.41) is 11.3. The van der Waals surface area contributed by atoms with Crippen LogP contribution in [0.5, 0.6) is 11.5 Å². The third-order valence-electron chi connectivity index (χ3n) is 9.90. The topological polar surface area (TPSA) is 144 Å². The van der Waals surface area contributed by atoms with E-state index in [2.05, 4.69) is 37.5 Å². The molecule has 0 saturated carbocycles. The number of nitrogens with one attached hydrogen (secondary N) is 1. The second kappa shape index (κ2) is 17.0.